The van der Waals surface area contributed by atoms with E-state index in [1.807, 2.05) is 20.0 Å². The molecule has 1 amide bonds. The van der Waals surface area contributed by atoms with Crippen molar-refractivity contribution in [1.82, 2.24) is 9.78 Å². The summed E-state index contributed by atoms with van der Waals surface area (Å²) in [7, 11) is 0. The van der Waals surface area contributed by atoms with Gasteiger partial charge in [0.25, 0.3) is 0 Å². The van der Waals surface area contributed by atoms with E-state index in [1.54, 1.807) is 10.9 Å². The lowest BCUT2D eigenvalue weighted by Crippen LogP contribution is -2.37. The van der Waals surface area contributed by atoms with Crippen molar-refractivity contribution in [3.63, 3.8) is 0 Å². The fraction of sp³-hybridized carbons (Fsp3) is 0.600. The van der Waals surface area contributed by atoms with Gasteiger partial charge >= 0.3 is 0 Å². The number of rotatable bonds is 3. The van der Waals surface area contributed by atoms with Gasteiger partial charge in [-0.15, -0.1) is 0 Å². The zero-order valence-corrected chi connectivity index (χ0v) is 9.03. The number of aromatic nitrogens is 2. The minimum absolute atomic E-state index is 0.106. The summed E-state index contributed by atoms with van der Waals surface area (Å²) >= 11 is 0. The van der Waals surface area contributed by atoms with Crippen molar-refractivity contribution in [2.24, 2.45) is 5.73 Å². The fourth-order valence-electron chi connectivity index (χ4n) is 1.30. The van der Waals surface area contributed by atoms with Crippen LogP contribution in [0.25, 0.3) is 0 Å². The van der Waals surface area contributed by atoms with Crippen LogP contribution >= 0.6 is 0 Å². The average Bonchev–Trinajstić information content (AvgIpc) is 2.76. The van der Waals surface area contributed by atoms with Gasteiger partial charge in [0.2, 0.25) is 5.91 Å². The van der Waals surface area contributed by atoms with Gasteiger partial charge in [-0.3, -0.25) is 9.48 Å². The van der Waals surface area contributed by atoms with E-state index in [2.05, 4.69) is 10.4 Å². The molecule has 1 saturated carbocycles. The average molecular weight is 208 g/mol. The number of anilines is 1. The normalized spacial score (nSPS) is 17.9. The minimum atomic E-state index is -0.625. The molecule has 0 aliphatic heterocycles. The zero-order valence-electron chi connectivity index (χ0n) is 9.03. The summed E-state index contributed by atoms with van der Waals surface area (Å²) in [4.78, 5) is 11.6. The van der Waals surface area contributed by atoms with E-state index in [4.69, 9.17) is 5.73 Å². The highest BCUT2D eigenvalue weighted by Crippen LogP contribution is 2.33. The molecule has 0 saturated heterocycles. The predicted molar refractivity (Wildman–Crippen MR) is 57.4 cm³/mol. The van der Waals surface area contributed by atoms with E-state index in [9.17, 15) is 4.79 Å². The maximum Gasteiger partial charge on any atom is 0.244 e. The summed E-state index contributed by atoms with van der Waals surface area (Å²) in [5, 5.41) is 6.90. The second-order valence-electron chi connectivity index (χ2n) is 4.41. The van der Waals surface area contributed by atoms with Crippen molar-refractivity contribution in [3.8, 4) is 0 Å². The molecule has 1 aliphatic rings. The van der Waals surface area contributed by atoms with Gasteiger partial charge in [0.15, 0.2) is 0 Å². The molecule has 5 heteroatoms. The molecule has 15 heavy (non-hydrogen) atoms. The molecule has 1 aliphatic carbocycles. The van der Waals surface area contributed by atoms with E-state index in [0.29, 0.717) is 11.7 Å². The highest BCUT2D eigenvalue weighted by molar-refractivity contribution is 5.99. The van der Waals surface area contributed by atoms with Crippen molar-refractivity contribution in [3.05, 3.63) is 12.4 Å². The Morgan fingerprint density at radius 3 is 2.80 bits per heavy atom. The van der Waals surface area contributed by atoms with Gasteiger partial charge in [0.05, 0.1) is 17.4 Å². The molecule has 0 atom stereocenters. The quantitative estimate of drug-likeness (QED) is 0.775. The maximum absolute atomic E-state index is 11.6. The highest BCUT2D eigenvalue weighted by atomic mass is 16.2. The van der Waals surface area contributed by atoms with Gasteiger partial charge in [0, 0.05) is 12.2 Å². The third-order valence-electron chi connectivity index (χ3n) is 2.63. The number of carbonyl (C=O) groups is 1. The van der Waals surface area contributed by atoms with Crippen LogP contribution in [0.15, 0.2) is 12.4 Å². The van der Waals surface area contributed by atoms with Crippen LogP contribution in [0.5, 0.6) is 0 Å². The van der Waals surface area contributed by atoms with Crippen molar-refractivity contribution in [2.45, 2.75) is 38.3 Å². The van der Waals surface area contributed by atoms with Crippen LogP contribution in [-0.4, -0.2) is 21.2 Å². The Hall–Kier alpha value is -1.36. The molecule has 2 rings (SSSR count). The van der Waals surface area contributed by atoms with Crippen molar-refractivity contribution in [1.29, 1.82) is 0 Å². The van der Waals surface area contributed by atoms with Crippen molar-refractivity contribution >= 4 is 11.6 Å². The Kier molecular flexibility index (Phi) is 2.26. The molecule has 5 nitrogen and oxygen atoms in total. The SMILES string of the molecule is CC(C)n1cc(NC(=O)C2(N)CC2)cn1. The molecule has 0 radical (unpaired) electrons. The molecule has 1 fully saturated rings. The third-order valence-corrected chi connectivity index (χ3v) is 2.63. The number of carbonyl (C=O) groups excluding carboxylic acids is 1. The number of hydrogen-bond donors (Lipinski definition) is 2. The van der Waals surface area contributed by atoms with E-state index in [0.717, 1.165) is 12.8 Å². The molecule has 0 unspecified atom stereocenters. The van der Waals surface area contributed by atoms with E-state index < -0.39 is 5.54 Å². The third kappa shape index (κ3) is 2.02. The van der Waals surface area contributed by atoms with Crippen LogP contribution < -0.4 is 11.1 Å². The minimum Gasteiger partial charge on any atom is -0.322 e. The summed E-state index contributed by atoms with van der Waals surface area (Å²) < 4.78 is 1.80. The molecule has 1 aromatic rings. The molecule has 0 aromatic carbocycles. The van der Waals surface area contributed by atoms with Crippen LogP contribution in [0.2, 0.25) is 0 Å². The first-order valence-corrected chi connectivity index (χ1v) is 5.16. The summed E-state index contributed by atoms with van der Waals surface area (Å²) in [6.45, 7) is 4.06. The second-order valence-corrected chi connectivity index (χ2v) is 4.41. The number of hydrogen-bond acceptors (Lipinski definition) is 3. The first-order chi connectivity index (χ1) is 7.01. The lowest BCUT2D eigenvalue weighted by molar-refractivity contribution is -0.118. The monoisotopic (exact) mass is 208 g/mol. The fourth-order valence-corrected chi connectivity index (χ4v) is 1.30. The molecular formula is C10H16N4O. The summed E-state index contributed by atoms with van der Waals surface area (Å²) in [5.74, 6) is -0.106. The molecule has 82 valence electrons. The summed E-state index contributed by atoms with van der Waals surface area (Å²) in [6.07, 6.45) is 5.01. The summed E-state index contributed by atoms with van der Waals surface area (Å²) in [6, 6.07) is 0.295. The topological polar surface area (TPSA) is 72.9 Å². The summed E-state index contributed by atoms with van der Waals surface area (Å²) in [5.41, 5.74) is 5.85. The van der Waals surface area contributed by atoms with Crippen LogP contribution in [0, 0.1) is 0 Å². The van der Waals surface area contributed by atoms with Gasteiger partial charge in [-0.1, -0.05) is 0 Å². The predicted octanol–water partition coefficient (Wildman–Crippen LogP) is 0.894. The Labute approximate surface area is 88.6 Å². The first-order valence-electron chi connectivity index (χ1n) is 5.16. The van der Waals surface area contributed by atoms with Crippen molar-refractivity contribution in [2.75, 3.05) is 5.32 Å². The lowest BCUT2D eigenvalue weighted by Gasteiger charge is -2.07. The zero-order chi connectivity index (χ0) is 11.1. The van der Waals surface area contributed by atoms with Crippen LogP contribution in [0.3, 0.4) is 0 Å². The lowest BCUT2D eigenvalue weighted by atomic mass is 10.3. The Balaban J connectivity index is 2.01. The van der Waals surface area contributed by atoms with Gasteiger partial charge in [-0.25, -0.2) is 0 Å². The molecular weight excluding hydrogens is 192 g/mol. The molecule has 1 aromatic heterocycles. The molecule has 0 spiro atoms. The Bertz CT molecular complexity index is 379. The number of nitrogens with one attached hydrogen (secondary N) is 1. The van der Waals surface area contributed by atoms with Crippen molar-refractivity contribution < 1.29 is 4.79 Å². The highest BCUT2D eigenvalue weighted by Gasteiger charge is 2.46. The molecule has 3 N–H and O–H groups in total. The van der Waals surface area contributed by atoms with Crippen LogP contribution in [0.1, 0.15) is 32.7 Å². The Morgan fingerprint density at radius 2 is 2.33 bits per heavy atom. The van der Waals surface area contributed by atoms with Crippen LogP contribution in [-0.2, 0) is 4.79 Å². The number of amides is 1. The van der Waals surface area contributed by atoms with Gasteiger partial charge in [-0.05, 0) is 26.7 Å². The smallest absolute Gasteiger partial charge is 0.244 e. The Morgan fingerprint density at radius 1 is 1.67 bits per heavy atom. The molecule has 0 bridgehead atoms. The maximum atomic E-state index is 11.6. The van der Waals surface area contributed by atoms with E-state index in [-0.39, 0.29) is 5.91 Å². The number of nitrogens with zero attached hydrogens (tertiary/aromatic N) is 2. The second kappa shape index (κ2) is 3.34. The van der Waals surface area contributed by atoms with Gasteiger partial charge in [-0.2, -0.15) is 5.10 Å². The van der Waals surface area contributed by atoms with E-state index in [1.165, 1.54) is 0 Å². The van der Waals surface area contributed by atoms with Gasteiger partial charge < -0.3 is 11.1 Å². The number of nitrogens with two attached hydrogens (primary N) is 1. The standard InChI is InChI=1S/C10H16N4O/c1-7(2)14-6-8(5-12-14)13-9(15)10(11)3-4-10/h5-7H,3-4,11H2,1-2H3,(H,13,15). The largest absolute Gasteiger partial charge is 0.322 e. The van der Waals surface area contributed by atoms with Gasteiger partial charge in [0.1, 0.15) is 0 Å². The van der Waals surface area contributed by atoms with Crippen LogP contribution in [0.4, 0.5) is 5.69 Å². The van der Waals surface area contributed by atoms with E-state index >= 15 is 0 Å². The first kappa shape index (κ1) is 10.2. The molecule has 1 heterocycles.